The van der Waals surface area contributed by atoms with Gasteiger partial charge >= 0.3 is 23.1 Å². The Morgan fingerprint density at radius 1 is 1.29 bits per heavy atom. The van der Waals surface area contributed by atoms with E-state index in [1.54, 1.807) is 32.2 Å². The van der Waals surface area contributed by atoms with E-state index in [-0.39, 0.29) is 23.1 Å². The molecule has 86 valence electrons. The van der Waals surface area contributed by atoms with Gasteiger partial charge in [-0.15, -0.1) is 0 Å². The predicted molar refractivity (Wildman–Crippen MR) is 64.0 cm³/mol. The van der Waals surface area contributed by atoms with Crippen LogP contribution in [0.2, 0.25) is 0 Å². The quantitative estimate of drug-likeness (QED) is 0.572. The smallest absolute Gasteiger partial charge is 0.545 e. The van der Waals surface area contributed by atoms with Crippen LogP contribution in [0.25, 0.3) is 5.57 Å². The number of methoxy groups -OCH3 is 2. The molecule has 0 aliphatic rings. The van der Waals surface area contributed by atoms with Crippen molar-refractivity contribution < 1.29 is 19.4 Å². The molecule has 0 spiro atoms. The molecule has 4 nitrogen and oxygen atoms in total. The van der Waals surface area contributed by atoms with Crippen molar-refractivity contribution in [1.82, 2.24) is 0 Å². The molecule has 0 bridgehead atoms. The number of benzene rings is 1. The van der Waals surface area contributed by atoms with Crippen LogP contribution in [0.3, 0.4) is 0 Å². The van der Waals surface area contributed by atoms with Crippen LogP contribution >= 0.6 is 0 Å². The zero-order chi connectivity index (χ0) is 12.1. The molecule has 0 saturated carbocycles. The third kappa shape index (κ3) is 4.28. The first-order valence-corrected chi connectivity index (χ1v) is 4.70. The monoisotopic (exact) mass is 245 g/mol. The van der Waals surface area contributed by atoms with Gasteiger partial charge in [-0.1, -0.05) is 0 Å². The summed E-state index contributed by atoms with van der Waals surface area (Å²) in [6.45, 7) is 1.68. The Hall–Kier alpha value is -1.20. The fourth-order valence-corrected chi connectivity index (χ4v) is 1.38. The Morgan fingerprint density at radius 3 is 2.41 bits per heavy atom. The molecule has 1 aromatic carbocycles. The van der Waals surface area contributed by atoms with Crippen LogP contribution in [0.1, 0.15) is 12.5 Å². The third-order valence-corrected chi connectivity index (χ3v) is 2.17. The molecule has 0 amide bonds. The maximum atomic E-state index is 10.5. The summed E-state index contributed by atoms with van der Waals surface area (Å²) >= 11 is 0. The molecule has 0 aromatic heterocycles. The van der Waals surface area contributed by atoms with Gasteiger partial charge in [0, 0.05) is 11.6 Å². The van der Waals surface area contributed by atoms with Crippen LogP contribution in [-0.2, 0) is 4.79 Å². The van der Waals surface area contributed by atoms with Crippen LogP contribution in [0, 0.1) is 0 Å². The number of carboxylic acid groups (broad SMARTS) is 1. The van der Waals surface area contributed by atoms with E-state index in [1.807, 2.05) is 0 Å². The van der Waals surface area contributed by atoms with E-state index < -0.39 is 5.97 Å². The normalized spacial score (nSPS) is 10.4. The first kappa shape index (κ1) is 15.8. The molecule has 0 saturated heterocycles. The van der Waals surface area contributed by atoms with E-state index in [4.69, 9.17) is 9.47 Å². The average molecular weight is 246 g/mol. The van der Waals surface area contributed by atoms with Crippen molar-refractivity contribution in [2.75, 3.05) is 14.2 Å². The topological polar surface area (TPSA) is 58.6 Å². The first-order valence-electron chi connectivity index (χ1n) is 4.70. The van der Waals surface area contributed by atoms with E-state index in [9.17, 15) is 9.90 Å². The van der Waals surface area contributed by atoms with Gasteiger partial charge in [-0.2, -0.15) is 0 Å². The van der Waals surface area contributed by atoms with Crippen molar-refractivity contribution in [3.8, 4) is 11.5 Å². The Labute approximate surface area is 116 Å². The van der Waals surface area contributed by atoms with Crippen molar-refractivity contribution in [3.05, 3.63) is 29.8 Å². The summed E-state index contributed by atoms with van der Waals surface area (Å²) in [5.41, 5.74) is 1.27. The summed E-state index contributed by atoms with van der Waals surface area (Å²) in [5.74, 6) is -0.00780. The summed E-state index contributed by atoms with van der Waals surface area (Å²) < 4.78 is 10.2. The minimum Gasteiger partial charge on any atom is -0.545 e. The molecule has 0 radical (unpaired) electrons. The van der Waals surface area contributed by atoms with Gasteiger partial charge in [0.15, 0.2) is 0 Å². The van der Waals surface area contributed by atoms with Crippen molar-refractivity contribution >= 4 is 34.6 Å². The number of allylic oxidation sites excluding steroid dienone is 1. The maximum absolute atomic E-state index is 10.5. The number of ether oxygens (including phenoxy) is 2. The molecule has 0 N–H and O–H groups in total. The average Bonchev–Trinajstić information content (AvgIpc) is 2.27. The van der Waals surface area contributed by atoms with E-state index in [1.165, 1.54) is 7.11 Å². The summed E-state index contributed by atoms with van der Waals surface area (Å²) in [5, 5.41) is 10.5. The van der Waals surface area contributed by atoms with E-state index in [0.717, 1.165) is 6.08 Å². The molecule has 17 heavy (non-hydrogen) atoms. The van der Waals surface area contributed by atoms with Gasteiger partial charge in [-0.3, -0.25) is 0 Å². The molecule has 1 aromatic rings. The number of hydrogen-bond donors (Lipinski definition) is 0. The van der Waals surface area contributed by atoms with Gasteiger partial charge in [-0.25, -0.2) is 0 Å². The zero-order valence-corrected chi connectivity index (χ0v) is 11.6. The van der Waals surface area contributed by atoms with Crippen molar-refractivity contribution in [2.45, 2.75) is 6.92 Å². The molecule has 0 heterocycles. The second kappa shape index (κ2) is 7.19. The van der Waals surface area contributed by atoms with Crippen LogP contribution in [0.15, 0.2) is 24.3 Å². The third-order valence-electron chi connectivity index (χ3n) is 2.17. The first-order chi connectivity index (χ1) is 7.58. The fraction of sp³-hybridized carbons (Fsp3) is 0.250. The van der Waals surface area contributed by atoms with Crippen molar-refractivity contribution in [3.63, 3.8) is 0 Å². The summed E-state index contributed by atoms with van der Waals surface area (Å²) in [7, 11) is 3.07. The number of carbonyl (C=O) groups excluding carboxylic acids is 1. The Bertz CT molecular complexity index is 427. The van der Waals surface area contributed by atoms with Crippen LogP contribution < -0.4 is 14.6 Å². The van der Waals surface area contributed by atoms with E-state index in [2.05, 4.69) is 0 Å². The largest absolute Gasteiger partial charge is 2.00 e. The van der Waals surface area contributed by atoms with Crippen molar-refractivity contribution in [2.24, 2.45) is 0 Å². The second-order valence-electron chi connectivity index (χ2n) is 3.21. The molecule has 1 rings (SSSR count). The molecule has 0 atom stereocenters. The van der Waals surface area contributed by atoms with Gasteiger partial charge in [0.1, 0.15) is 11.5 Å². The summed E-state index contributed by atoms with van der Waals surface area (Å²) in [4.78, 5) is 10.5. The zero-order valence-electron chi connectivity index (χ0n) is 10.1. The minimum absolute atomic E-state index is 0. The number of carbonyl (C=O) groups is 1. The van der Waals surface area contributed by atoms with Crippen LogP contribution in [-0.4, -0.2) is 43.2 Å². The molecular formula is C12H13MgO4+. The van der Waals surface area contributed by atoms with Gasteiger partial charge in [0.2, 0.25) is 0 Å². The van der Waals surface area contributed by atoms with E-state index in [0.29, 0.717) is 22.6 Å². The van der Waals surface area contributed by atoms with Gasteiger partial charge in [0.25, 0.3) is 0 Å². The molecule has 0 unspecified atom stereocenters. The molecule has 5 heteroatoms. The summed E-state index contributed by atoms with van der Waals surface area (Å²) in [6, 6.07) is 5.18. The number of aliphatic carboxylic acids is 1. The SMILES string of the molecule is COc1ccc(/C(C)=C/C(=O)[O-])c(OC)c1.[Mg+2]. The van der Waals surface area contributed by atoms with E-state index >= 15 is 0 Å². The Kier molecular flexibility index (Phi) is 6.68. The van der Waals surface area contributed by atoms with Crippen LogP contribution in [0.4, 0.5) is 0 Å². The minimum atomic E-state index is -1.23. The maximum Gasteiger partial charge on any atom is 2.00 e. The number of hydrogen-bond acceptors (Lipinski definition) is 4. The molecule has 0 aliphatic heterocycles. The molecule has 0 fully saturated rings. The predicted octanol–water partition coefficient (Wildman–Crippen LogP) is 0.476. The van der Waals surface area contributed by atoms with Crippen molar-refractivity contribution in [1.29, 1.82) is 0 Å². The van der Waals surface area contributed by atoms with Gasteiger partial charge in [-0.05, 0) is 30.7 Å². The number of rotatable bonds is 4. The number of carboxylic acids is 1. The van der Waals surface area contributed by atoms with Gasteiger partial charge in [0.05, 0.1) is 20.2 Å². The fourth-order valence-electron chi connectivity index (χ4n) is 1.38. The van der Waals surface area contributed by atoms with Crippen LogP contribution in [0.5, 0.6) is 11.5 Å². The Morgan fingerprint density at radius 2 is 1.94 bits per heavy atom. The molecular weight excluding hydrogens is 232 g/mol. The van der Waals surface area contributed by atoms with Gasteiger partial charge < -0.3 is 19.4 Å². The standard InChI is InChI=1S/C12H14O4.Mg/c1-8(6-12(13)14)10-5-4-9(15-2)7-11(10)16-3;/h4-7H,1-3H3,(H,13,14);/q;+2/p-1/b8-6+;. The second-order valence-corrected chi connectivity index (χ2v) is 3.21. The summed E-state index contributed by atoms with van der Waals surface area (Å²) in [6.07, 6.45) is 1.03. The molecule has 0 aliphatic carbocycles. The Balaban J connectivity index is 0.00000256.